The van der Waals surface area contributed by atoms with Crippen LogP contribution < -0.4 is 5.32 Å². The van der Waals surface area contributed by atoms with Crippen LogP contribution in [0.3, 0.4) is 0 Å². The average molecular weight is 267 g/mol. The quantitative estimate of drug-likeness (QED) is 0.592. The first-order valence-corrected chi connectivity index (χ1v) is 7.48. The van der Waals surface area contributed by atoms with E-state index in [-0.39, 0.29) is 12.0 Å². The van der Waals surface area contributed by atoms with Crippen LogP contribution >= 0.6 is 0 Å². The number of esters is 1. The molecule has 0 aromatic heterocycles. The van der Waals surface area contributed by atoms with E-state index in [2.05, 4.69) is 12.2 Å². The Hall–Kier alpha value is -1.03. The molecule has 2 rings (SSSR count). The first-order chi connectivity index (χ1) is 9.10. The van der Waals surface area contributed by atoms with Crippen molar-refractivity contribution in [3.8, 4) is 0 Å². The molecule has 2 atom stereocenters. The summed E-state index contributed by atoms with van der Waals surface area (Å²) in [4.78, 5) is 12.1. The fraction of sp³-hybridized carbons (Fsp3) is 0.800. The van der Waals surface area contributed by atoms with E-state index in [1.165, 1.54) is 0 Å². The van der Waals surface area contributed by atoms with E-state index in [9.17, 15) is 9.90 Å². The van der Waals surface area contributed by atoms with E-state index in [4.69, 9.17) is 4.74 Å². The van der Waals surface area contributed by atoms with Gasteiger partial charge in [0, 0.05) is 12.1 Å². The van der Waals surface area contributed by atoms with Crippen molar-refractivity contribution < 1.29 is 14.6 Å². The summed E-state index contributed by atoms with van der Waals surface area (Å²) in [7, 11) is 0. The normalized spacial score (nSPS) is 31.8. The number of rotatable bonds is 5. The highest BCUT2D eigenvalue weighted by atomic mass is 16.5. The summed E-state index contributed by atoms with van der Waals surface area (Å²) < 4.78 is 5.15. The van der Waals surface area contributed by atoms with E-state index in [1.807, 2.05) is 6.92 Å². The molecule has 0 amide bonds. The monoisotopic (exact) mass is 267 g/mol. The largest absolute Gasteiger partial charge is 0.463 e. The number of carbonyl (C=O) groups excluding carboxylic acids is 1. The Morgan fingerprint density at radius 2 is 2.32 bits per heavy atom. The summed E-state index contributed by atoms with van der Waals surface area (Å²) >= 11 is 0. The molecule has 1 saturated heterocycles. The zero-order valence-corrected chi connectivity index (χ0v) is 12.0. The summed E-state index contributed by atoms with van der Waals surface area (Å²) in [6.45, 7) is 4.33. The van der Waals surface area contributed by atoms with Gasteiger partial charge in [-0.2, -0.15) is 0 Å². The molecule has 1 aliphatic heterocycles. The van der Waals surface area contributed by atoms with E-state index < -0.39 is 5.60 Å². The number of hydrogen-bond acceptors (Lipinski definition) is 4. The molecular formula is C15H25NO3. The molecule has 4 nitrogen and oxygen atoms in total. The molecule has 1 saturated carbocycles. The highest BCUT2D eigenvalue weighted by molar-refractivity contribution is 5.89. The molecule has 4 heteroatoms. The second kappa shape index (κ2) is 5.95. The number of ether oxygens (including phenoxy) is 1. The lowest BCUT2D eigenvalue weighted by Gasteiger charge is -2.19. The average Bonchev–Trinajstić information content (AvgIpc) is 2.85. The van der Waals surface area contributed by atoms with Crippen LogP contribution in [0.1, 0.15) is 58.8 Å². The lowest BCUT2D eigenvalue weighted by Crippen LogP contribution is -2.36. The maximum atomic E-state index is 12.1. The van der Waals surface area contributed by atoms with Crippen LogP contribution in [0.5, 0.6) is 0 Å². The minimum absolute atomic E-state index is 0.119. The van der Waals surface area contributed by atoms with Gasteiger partial charge in [0.05, 0.1) is 23.8 Å². The van der Waals surface area contributed by atoms with Crippen molar-refractivity contribution in [3.05, 3.63) is 11.3 Å². The van der Waals surface area contributed by atoms with Gasteiger partial charge >= 0.3 is 5.97 Å². The predicted molar refractivity (Wildman–Crippen MR) is 73.5 cm³/mol. The standard InChI is InChI=1S/C15H25NO3/c1-3-5-7-11(14(17)19-4-2)12-10-15(18)9-6-8-13(15)16-12/h13,16,18H,3-10H2,1-2H3/b12-11-. The highest BCUT2D eigenvalue weighted by Crippen LogP contribution is 2.41. The minimum Gasteiger partial charge on any atom is -0.463 e. The summed E-state index contributed by atoms with van der Waals surface area (Å²) in [5.41, 5.74) is 1.02. The molecule has 2 aliphatic rings. The maximum Gasteiger partial charge on any atom is 0.335 e. The van der Waals surface area contributed by atoms with Crippen molar-refractivity contribution in [2.75, 3.05) is 6.61 Å². The van der Waals surface area contributed by atoms with Crippen molar-refractivity contribution >= 4 is 5.97 Å². The molecule has 0 aromatic rings. The van der Waals surface area contributed by atoms with Gasteiger partial charge < -0.3 is 15.2 Å². The fourth-order valence-corrected chi connectivity index (χ4v) is 3.18. The summed E-state index contributed by atoms with van der Waals surface area (Å²) in [5.74, 6) is -0.220. The number of aliphatic hydroxyl groups is 1. The molecule has 0 radical (unpaired) electrons. The van der Waals surface area contributed by atoms with Crippen LogP contribution in [0.25, 0.3) is 0 Å². The smallest absolute Gasteiger partial charge is 0.335 e. The Morgan fingerprint density at radius 1 is 1.53 bits per heavy atom. The van der Waals surface area contributed by atoms with E-state index >= 15 is 0 Å². The molecule has 1 aliphatic carbocycles. The van der Waals surface area contributed by atoms with E-state index in [0.717, 1.165) is 49.8 Å². The number of nitrogens with one attached hydrogen (secondary N) is 1. The number of fused-ring (bicyclic) bond motifs is 1. The SMILES string of the molecule is CCCC/C(C(=O)OCC)=C1\CC2(O)CCCC2N1. The first-order valence-electron chi connectivity index (χ1n) is 7.48. The number of carbonyl (C=O) groups is 1. The highest BCUT2D eigenvalue weighted by Gasteiger charge is 2.47. The first kappa shape index (κ1) is 14.4. The molecule has 2 fully saturated rings. The molecule has 2 unspecified atom stereocenters. The molecule has 2 N–H and O–H groups in total. The van der Waals surface area contributed by atoms with Crippen LogP contribution in [0.4, 0.5) is 0 Å². The van der Waals surface area contributed by atoms with Crippen LogP contribution in [-0.2, 0) is 9.53 Å². The van der Waals surface area contributed by atoms with Crippen molar-refractivity contribution in [1.29, 1.82) is 0 Å². The molecule has 1 heterocycles. The van der Waals surface area contributed by atoms with Gasteiger partial charge in [-0.15, -0.1) is 0 Å². The van der Waals surface area contributed by atoms with Crippen molar-refractivity contribution in [1.82, 2.24) is 5.32 Å². The molecule has 0 bridgehead atoms. The minimum atomic E-state index is -0.640. The van der Waals surface area contributed by atoms with Gasteiger partial charge in [0.25, 0.3) is 0 Å². The maximum absolute atomic E-state index is 12.1. The second-order valence-electron chi connectivity index (χ2n) is 5.65. The third kappa shape index (κ3) is 2.94. The van der Waals surface area contributed by atoms with Gasteiger partial charge in [-0.25, -0.2) is 4.79 Å². The van der Waals surface area contributed by atoms with Gasteiger partial charge in [-0.05, 0) is 39.0 Å². The second-order valence-corrected chi connectivity index (χ2v) is 5.65. The number of hydrogen-bond donors (Lipinski definition) is 2. The van der Waals surface area contributed by atoms with Crippen LogP contribution in [-0.4, -0.2) is 29.3 Å². The van der Waals surface area contributed by atoms with Gasteiger partial charge in [0.1, 0.15) is 0 Å². The molecule has 19 heavy (non-hydrogen) atoms. The summed E-state index contributed by atoms with van der Waals surface area (Å²) in [5, 5.41) is 13.9. The van der Waals surface area contributed by atoms with Gasteiger partial charge in [0.15, 0.2) is 0 Å². The van der Waals surface area contributed by atoms with Gasteiger partial charge in [-0.3, -0.25) is 0 Å². The van der Waals surface area contributed by atoms with Crippen molar-refractivity contribution in [2.24, 2.45) is 0 Å². The Bertz CT molecular complexity index is 378. The zero-order valence-electron chi connectivity index (χ0n) is 12.0. The molecule has 0 spiro atoms. The van der Waals surface area contributed by atoms with Gasteiger partial charge in [0.2, 0.25) is 0 Å². The Balaban J connectivity index is 2.17. The molecule has 0 aromatic carbocycles. The van der Waals surface area contributed by atoms with Crippen LogP contribution in [0, 0.1) is 0 Å². The van der Waals surface area contributed by atoms with Crippen molar-refractivity contribution in [3.63, 3.8) is 0 Å². The third-order valence-electron chi connectivity index (χ3n) is 4.25. The lowest BCUT2D eigenvalue weighted by molar-refractivity contribution is -0.138. The Kier molecular flexibility index (Phi) is 4.50. The van der Waals surface area contributed by atoms with Crippen LogP contribution in [0.2, 0.25) is 0 Å². The fourth-order valence-electron chi connectivity index (χ4n) is 3.18. The molecular weight excluding hydrogens is 242 g/mol. The third-order valence-corrected chi connectivity index (χ3v) is 4.25. The van der Waals surface area contributed by atoms with E-state index in [0.29, 0.717) is 13.0 Å². The summed E-state index contributed by atoms with van der Waals surface area (Å²) in [6.07, 6.45) is 6.22. The van der Waals surface area contributed by atoms with Crippen molar-refractivity contribution in [2.45, 2.75) is 70.4 Å². The lowest BCUT2D eigenvalue weighted by atomic mass is 9.95. The topological polar surface area (TPSA) is 58.6 Å². The number of unbranched alkanes of at least 4 members (excludes halogenated alkanes) is 1. The molecule has 108 valence electrons. The zero-order chi connectivity index (χ0) is 13.9. The summed E-state index contributed by atoms with van der Waals surface area (Å²) in [6, 6.07) is 0.119. The van der Waals surface area contributed by atoms with Gasteiger partial charge in [-0.1, -0.05) is 13.3 Å². The Labute approximate surface area is 115 Å². The Morgan fingerprint density at radius 3 is 2.95 bits per heavy atom. The van der Waals surface area contributed by atoms with E-state index in [1.54, 1.807) is 0 Å². The predicted octanol–water partition coefficient (Wildman–Crippen LogP) is 2.27. The van der Waals surface area contributed by atoms with Crippen LogP contribution in [0.15, 0.2) is 11.3 Å².